The standard InChI is InChI=1S/C17H19N7O2.C17H21N7O2.C17H20N6.C16H20N8O.C15H18BrN7O/c1-22-7-11(5-19-22)13-6-20-24-15(18)4-14(21-16(13)24)10-2-3-12-9-26-17(25)23(12)8-10;1-23-10-11(7-20-23)12-8-21-24-15(18)6-14(22-16(12)24)13-9-19-3-2-17(13)25-4-5-26-17;1-12-10-16(22-14-4-8-19-9-5-14)23-17(21-12)15(11-20-23)13-2-6-18-7-3-13;1-23-8-10(6-20-23)11-7-21-24-14(17)4-13(22-16(11)24)9-2-3-12(15(18)25)19-5-9;1-22-8-9(5-19-22)11-7-20-23-14(17)13(16)12(21-15(11)23)4-10-6-18-2-3-24-10/h4-7,10,12H,2-3,8-9,18H2,1H3;6-8,10,13,19H,2-5,9,18H2,1H3;2-3,6-7,10-11,14,19,22H,4-5,8-9H2,1H3;4,6-9,12,19H,2-3,5,17H2,1H3,(H2,18,25);5,7-8,10,18H,2-4,6,17H2,1H3/t10-,12-;;;9-,12-;/m0..0./s1. The van der Waals surface area contributed by atoms with Crippen LogP contribution in [0.4, 0.5) is 33.9 Å². The molecule has 2 amide bonds. The maximum Gasteiger partial charge on any atom is 0.410 e. The molecule has 15 aromatic heterocycles. The molecule has 41 nitrogen and oxygen atoms in total. The summed E-state index contributed by atoms with van der Waals surface area (Å²) in [5.74, 6) is 2.53. The number of anilines is 5. The van der Waals surface area contributed by atoms with Crippen LogP contribution in [0.15, 0.2) is 134 Å². The van der Waals surface area contributed by atoms with Crippen molar-refractivity contribution in [2.24, 2.45) is 33.9 Å². The van der Waals surface area contributed by atoms with E-state index in [1.54, 1.807) is 98.8 Å². The van der Waals surface area contributed by atoms with Crippen LogP contribution in [0, 0.1) is 6.92 Å². The smallest absolute Gasteiger partial charge is 0.410 e. The molecule has 7 saturated heterocycles. The number of nitrogens with two attached hydrogens (primary N) is 5. The minimum absolute atomic E-state index is 0.0253. The van der Waals surface area contributed by atoms with Crippen LogP contribution in [-0.4, -0.2) is 243 Å². The predicted molar refractivity (Wildman–Crippen MR) is 465 cm³/mol. The molecule has 0 aliphatic carbocycles. The number of rotatable bonds is 13. The molecule has 15 N–H and O–H groups in total. The molecule has 0 saturated carbocycles. The van der Waals surface area contributed by atoms with Crippen LogP contribution in [0.1, 0.15) is 91.2 Å². The fourth-order valence-corrected chi connectivity index (χ4v) is 17.6. The highest BCUT2D eigenvalue weighted by atomic mass is 79.9. The normalized spacial score (nSPS) is 20.1. The Hall–Kier alpha value is -13.0. The summed E-state index contributed by atoms with van der Waals surface area (Å²) >= 11 is 3.56. The first-order valence-corrected chi connectivity index (χ1v) is 42.2. The molecule has 7 aliphatic heterocycles. The first-order chi connectivity index (χ1) is 60.2. The maximum atomic E-state index is 11.9. The second-order valence-electron chi connectivity index (χ2n) is 32.1. The van der Waals surface area contributed by atoms with Crippen LogP contribution >= 0.6 is 15.9 Å². The van der Waals surface area contributed by atoms with Crippen molar-refractivity contribution in [1.82, 2.24) is 143 Å². The van der Waals surface area contributed by atoms with Crippen molar-refractivity contribution in [3.05, 3.63) is 162 Å². The highest BCUT2D eigenvalue weighted by Gasteiger charge is 2.48. The van der Waals surface area contributed by atoms with Gasteiger partial charge in [0.2, 0.25) is 5.91 Å². The lowest BCUT2D eigenvalue weighted by Gasteiger charge is -2.39. The fraction of sp³-hybridized carbons (Fsp3) is 0.402. The van der Waals surface area contributed by atoms with Gasteiger partial charge in [-0.1, -0.05) is 0 Å². The summed E-state index contributed by atoms with van der Waals surface area (Å²) in [6, 6.07) is 12.0. The summed E-state index contributed by atoms with van der Waals surface area (Å²) in [7, 11) is 7.50. The third-order valence-electron chi connectivity index (χ3n) is 23.6. The topological polar surface area (TPSA) is 500 Å². The molecule has 0 aromatic carbocycles. The van der Waals surface area contributed by atoms with Crippen LogP contribution in [0.3, 0.4) is 0 Å². The zero-order valence-electron chi connectivity index (χ0n) is 69.2. The lowest BCUT2D eigenvalue weighted by Crippen LogP contribution is -2.49. The average Bonchev–Trinajstić information content (AvgIpc) is 1.61. The van der Waals surface area contributed by atoms with Crippen LogP contribution in [0.5, 0.6) is 0 Å². The number of piperidine rings is 4. The number of aryl methyl sites for hydroxylation is 5. The van der Waals surface area contributed by atoms with Gasteiger partial charge in [-0.15, -0.1) is 0 Å². The highest BCUT2D eigenvalue weighted by Crippen LogP contribution is 2.42. The molecule has 124 heavy (non-hydrogen) atoms. The molecular formula is C82H98BrN35O6. The molecule has 15 aromatic rings. The number of carbonyl (C=O) groups excluding carboxylic acids is 2. The molecule has 42 heteroatoms. The van der Waals surface area contributed by atoms with Gasteiger partial charge < -0.3 is 79.1 Å². The number of fused-ring (bicyclic) bond motifs is 6. The number of nitrogens with one attached hydrogen (secondary N) is 5. The first kappa shape index (κ1) is 82.0. The second kappa shape index (κ2) is 35.1. The molecule has 6 atom stereocenters. The molecular weight excluding hydrogens is 1650 g/mol. The van der Waals surface area contributed by atoms with Gasteiger partial charge in [-0.2, -0.15) is 68.5 Å². The zero-order chi connectivity index (χ0) is 85.4. The number of cyclic esters (lactones) is 1. The third kappa shape index (κ3) is 16.8. The number of pyridine rings is 1. The van der Waals surface area contributed by atoms with Crippen LogP contribution in [0.2, 0.25) is 0 Å². The van der Waals surface area contributed by atoms with Crippen molar-refractivity contribution in [3.63, 3.8) is 0 Å². The molecule has 22 heterocycles. The van der Waals surface area contributed by atoms with E-state index in [-0.39, 0.29) is 47.9 Å². The van der Waals surface area contributed by atoms with Gasteiger partial charge in [0.15, 0.2) is 34.0 Å². The lowest BCUT2D eigenvalue weighted by molar-refractivity contribution is -0.187. The summed E-state index contributed by atoms with van der Waals surface area (Å²) < 4.78 is 39.2. The van der Waals surface area contributed by atoms with Gasteiger partial charge in [0.1, 0.15) is 35.7 Å². The van der Waals surface area contributed by atoms with E-state index in [0.717, 1.165) is 183 Å². The number of aromatic nitrogens is 24. The number of hydrogen-bond acceptors (Lipinski definition) is 30. The second-order valence-corrected chi connectivity index (χ2v) is 32.8. The van der Waals surface area contributed by atoms with Crippen molar-refractivity contribution in [2.45, 2.75) is 106 Å². The minimum Gasteiger partial charge on any atom is -0.447 e. The SMILES string of the molecule is Cc1cc(NC2CCNCC2)n2ncc(-c3ccncc3)c2n1.Cn1cc(-c2cnn3c(N)c(Br)c(CC4CNCCO4)nc23)cn1.Cn1cc(-c2cnn3c(N)cc(C4CNCCC45OCCO5)nc23)cn1.Cn1cc(-c2cnn3c(N)cc([C@H]4CC[C@@H](C(N)=O)NC4)nc23)cn1.Cn1cc(-c2cnn3c(N)cc([C@H]4CC[C@H]5COC(=O)N5C4)nc23)cn1. The van der Waals surface area contributed by atoms with Gasteiger partial charge in [-0.25, -0.2) is 29.7 Å². The Balaban J connectivity index is 0.000000106. The summed E-state index contributed by atoms with van der Waals surface area (Å²) in [6.07, 6.45) is 34.4. The van der Waals surface area contributed by atoms with Crippen molar-refractivity contribution >= 4 is 85.3 Å². The quantitative estimate of drug-likeness (QED) is 0.0705. The fourth-order valence-electron chi connectivity index (χ4n) is 17.2. The maximum absolute atomic E-state index is 11.9. The molecule has 7 fully saturated rings. The Bertz CT molecular complexity index is 6350. The largest absolute Gasteiger partial charge is 0.447 e. The molecule has 644 valence electrons. The lowest BCUT2D eigenvalue weighted by atomic mass is 9.88. The van der Waals surface area contributed by atoms with Crippen LogP contribution in [-0.2, 0) is 58.4 Å². The van der Waals surface area contributed by atoms with Gasteiger partial charge in [0.25, 0.3) is 0 Å². The van der Waals surface area contributed by atoms with Gasteiger partial charge in [0, 0.05) is 215 Å². The zero-order valence-corrected chi connectivity index (χ0v) is 70.8. The Morgan fingerprint density at radius 3 is 1.58 bits per heavy atom. The number of carbonyl (C=O) groups is 2. The van der Waals surface area contributed by atoms with Gasteiger partial charge in [0.05, 0.1) is 127 Å². The highest BCUT2D eigenvalue weighted by molar-refractivity contribution is 9.10. The molecule has 22 rings (SSSR count). The van der Waals surface area contributed by atoms with Gasteiger partial charge >= 0.3 is 6.09 Å². The number of halogens is 1. The number of nitrogens with zero attached hydrogens (tertiary/aromatic N) is 25. The predicted octanol–water partition coefficient (Wildman–Crippen LogP) is 5.24. The van der Waals surface area contributed by atoms with Crippen LogP contribution in [0.25, 0.3) is 83.9 Å². The van der Waals surface area contributed by atoms with E-state index in [9.17, 15) is 9.59 Å². The number of primary amides is 1. The van der Waals surface area contributed by atoms with E-state index >= 15 is 0 Å². The number of morpholine rings is 1. The van der Waals surface area contributed by atoms with E-state index in [1.807, 2.05) is 106 Å². The monoisotopic (exact) mass is 1750 g/mol. The summed E-state index contributed by atoms with van der Waals surface area (Å²) in [5, 5.41) is 55.9. The van der Waals surface area contributed by atoms with E-state index < -0.39 is 5.79 Å². The Kier molecular flexibility index (Phi) is 23.2. The molecule has 1 spiro atoms. The number of hydrogen-bond donors (Lipinski definition) is 10. The first-order valence-electron chi connectivity index (χ1n) is 41.4. The van der Waals surface area contributed by atoms with E-state index in [0.29, 0.717) is 98.6 Å². The summed E-state index contributed by atoms with van der Waals surface area (Å²) in [4.78, 5) is 53.2. The number of ether oxygens (including phenoxy) is 4. The van der Waals surface area contributed by atoms with Crippen LogP contribution < -0.4 is 55.3 Å². The Morgan fingerprint density at radius 1 is 0.540 bits per heavy atom. The van der Waals surface area contributed by atoms with Crippen molar-refractivity contribution < 1.29 is 28.5 Å². The van der Waals surface area contributed by atoms with E-state index in [1.165, 1.54) is 0 Å². The molecule has 7 aliphatic rings. The van der Waals surface area contributed by atoms with E-state index in [2.05, 4.69) is 99.5 Å². The van der Waals surface area contributed by atoms with Gasteiger partial charge in [-0.05, 0) is 92.2 Å². The molecule has 0 bridgehead atoms. The average molecular weight is 1750 g/mol. The number of nitrogen functional groups attached to an aromatic ring is 4. The number of amides is 2. The van der Waals surface area contributed by atoms with Crippen molar-refractivity contribution in [1.29, 1.82) is 0 Å². The van der Waals surface area contributed by atoms with Crippen molar-refractivity contribution in [3.8, 4) is 55.6 Å². The summed E-state index contributed by atoms with van der Waals surface area (Å²) in [5.41, 5.74) is 48.1. The van der Waals surface area contributed by atoms with E-state index in [4.69, 9.17) is 72.5 Å². The Labute approximate surface area is 718 Å². The Morgan fingerprint density at radius 2 is 1.05 bits per heavy atom. The minimum atomic E-state index is -0.614. The van der Waals surface area contributed by atoms with Gasteiger partial charge in [-0.3, -0.25) is 28.5 Å². The third-order valence-corrected chi connectivity index (χ3v) is 24.5. The summed E-state index contributed by atoms with van der Waals surface area (Å²) in [6.45, 7) is 11.1. The molecule has 0 radical (unpaired) electrons. The van der Waals surface area contributed by atoms with Crippen molar-refractivity contribution in [2.75, 3.05) is 107 Å². The molecule has 2 unspecified atom stereocenters.